The SMILES string of the molecule is CCc1cc(OC)sc1-n1cnc(-c2ccc(Oc3ccccc3Cl)cc2)c1. The molecule has 0 unspecified atom stereocenters. The Hall–Kier alpha value is -2.76. The van der Waals surface area contributed by atoms with Gasteiger partial charge in [0.05, 0.1) is 17.8 Å². The molecule has 0 radical (unpaired) electrons. The standard InChI is InChI=1S/C22H19ClN2O2S/c1-3-15-12-21(26-2)28-22(15)25-13-19(24-14-25)16-8-10-17(11-9-16)27-20-7-5-4-6-18(20)23/h4-14H,3H2,1-2H3. The molecule has 0 saturated carbocycles. The van der Waals surface area contributed by atoms with Crippen LogP contribution in [0.25, 0.3) is 16.3 Å². The molecule has 142 valence electrons. The summed E-state index contributed by atoms with van der Waals surface area (Å²) in [7, 11) is 1.70. The highest BCUT2D eigenvalue weighted by Gasteiger charge is 2.12. The number of ether oxygens (including phenoxy) is 2. The van der Waals surface area contributed by atoms with Gasteiger partial charge in [0.25, 0.3) is 0 Å². The van der Waals surface area contributed by atoms with E-state index in [2.05, 4.69) is 22.5 Å². The van der Waals surface area contributed by atoms with Gasteiger partial charge in [-0.1, -0.05) is 42.0 Å². The molecule has 0 bridgehead atoms. The van der Waals surface area contributed by atoms with E-state index in [1.807, 2.05) is 61.1 Å². The topological polar surface area (TPSA) is 36.3 Å². The molecule has 0 N–H and O–H groups in total. The summed E-state index contributed by atoms with van der Waals surface area (Å²) in [5, 5.41) is 2.63. The lowest BCUT2D eigenvalue weighted by Crippen LogP contribution is -1.90. The molecule has 0 fully saturated rings. The Labute approximate surface area is 173 Å². The number of para-hydroxylation sites is 1. The van der Waals surface area contributed by atoms with Crippen molar-refractivity contribution in [1.82, 2.24) is 9.55 Å². The molecule has 2 aromatic carbocycles. The van der Waals surface area contributed by atoms with Crippen molar-refractivity contribution in [3.05, 3.63) is 77.7 Å². The number of imidazole rings is 1. The molecule has 4 nitrogen and oxygen atoms in total. The van der Waals surface area contributed by atoms with Crippen LogP contribution in [-0.4, -0.2) is 16.7 Å². The number of benzene rings is 2. The minimum Gasteiger partial charge on any atom is -0.487 e. The van der Waals surface area contributed by atoms with Gasteiger partial charge in [-0.2, -0.15) is 0 Å². The van der Waals surface area contributed by atoms with Crippen molar-refractivity contribution in [2.24, 2.45) is 0 Å². The van der Waals surface area contributed by atoms with E-state index in [-0.39, 0.29) is 0 Å². The van der Waals surface area contributed by atoms with E-state index in [4.69, 9.17) is 21.1 Å². The predicted molar refractivity (Wildman–Crippen MR) is 114 cm³/mol. The summed E-state index contributed by atoms with van der Waals surface area (Å²) in [6.07, 6.45) is 4.82. The summed E-state index contributed by atoms with van der Waals surface area (Å²) < 4.78 is 13.3. The third kappa shape index (κ3) is 3.77. The van der Waals surface area contributed by atoms with E-state index in [9.17, 15) is 0 Å². The lowest BCUT2D eigenvalue weighted by Gasteiger charge is -2.07. The van der Waals surface area contributed by atoms with Crippen LogP contribution in [-0.2, 0) is 6.42 Å². The predicted octanol–water partition coefficient (Wildman–Crippen LogP) is 6.62. The molecule has 4 aromatic rings. The van der Waals surface area contributed by atoms with E-state index in [1.54, 1.807) is 18.4 Å². The Morgan fingerprint density at radius 2 is 1.89 bits per heavy atom. The van der Waals surface area contributed by atoms with Crippen LogP contribution in [0, 0.1) is 0 Å². The molecule has 0 saturated heterocycles. The quantitative estimate of drug-likeness (QED) is 0.358. The van der Waals surface area contributed by atoms with Gasteiger partial charge in [0.1, 0.15) is 22.8 Å². The highest BCUT2D eigenvalue weighted by molar-refractivity contribution is 7.16. The van der Waals surface area contributed by atoms with Gasteiger partial charge in [-0.3, -0.25) is 4.57 Å². The van der Waals surface area contributed by atoms with Gasteiger partial charge < -0.3 is 9.47 Å². The molecule has 4 rings (SSSR count). The van der Waals surface area contributed by atoms with Gasteiger partial charge in [-0.05, 0) is 54.4 Å². The molecule has 0 aliphatic heterocycles. The third-order valence-electron chi connectivity index (χ3n) is 4.38. The molecule has 2 heterocycles. The fourth-order valence-corrected chi connectivity index (χ4v) is 4.09. The van der Waals surface area contributed by atoms with Crippen LogP contribution in [0.5, 0.6) is 16.6 Å². The Balaban J connectivity index is 1.56. The zero-order valence-corrected chi connectivity index (χ0v) is 17.1. The number of nitrogens with zero attached hydrogens (tertiary/aromatic N) is 2. The summed E-state index contributed by atoms with van der Waals surface area (Å²) in [5.74, 6) is 1.37. The number of hydrogen-bond donors (Lipinski definition) is 0. The second-order valence-corrected chi connectivity index (χ2v) is 7.58. The van der Waals surface area contributed by atoms with Gasteiger partial charge in [0.15, 0.2) is 5.06 Å². The van der Waals surface area contributed by atoms with Gasteiger partial charge >= 0.3 is 0 Å². The first-order valence-corrected chi connectivity index (χ1v) is 10.1. The lowest BCUT2D eigenvalue weighted by molar-refractivity contribution is 0.427. The zero-order valence-electron chi connectivity index (χ0n) is 15.6. The van der Waals surface area contributed by atoms with Crippen molar-refractivity contribution in [3.8, 4) is 32.8 Å². The molecule has 0 amide bonds. The number of hydrogen-bond acceptors (Lipinski definition) is 4. The van der Waals surface area contributed by atoms with Crippen molar-refractivity contribution in [2.75, 3.05) is 7.11 Å². The summed E-state index contributed by atoms with van der Waals surface area (Å²) >= 11 is 7.77. The molecule has 2 aromatic heterocycles. The summed E-state index contributed by atoms with van der Waals surface area (Å²) in [5.41, 5.74) is 3.17. The number of thiophene rings is 1. The molecular weight excluding hydrogens is 392 g/mol. The van der Waals surface area contributed by atoms with Crippen LogP contribution in [0.4, 0.5) is 0 Å². The van der Waals surface area contributed by atoms with Crippen LogP contribution >= 0.6 is 22.9 Å². The Kier molecular flexibility index (Phi) is 5.37. The third-order valence-corrected chi connectivity index (χ3v) is 5.84. The highest BCUT2D eigenvalue weighted by Crippen LogP contribution is 2.34. The number of halogens is 1. The maximum absolute atomic E-state index is 6.15. The van der Waals surface area contributed by atoms with Crippen molar-refractivity contribution >= 4 is 22.9 Å². The van der Waals surface area contributed by atoms with Gasteiger partial charge in [0, 0.05) is 11.8 Å². The average molecular weight is 411 g/mol. The van der Waals surface area contributed by atoms with Crippen LogP contribution in [0.3, 0.4) is 0 Å². The summed E-state index contributed by atoms with van der Waals surface area (Å²) in [4.78, 5) is 4.57. The van der Waals surface area contributed by atoms with Crippen molar-refractivity contribution in [3.63, 3.8) is 0 Å². The maximum atomic E-state index is 6.15. The molecular formula is C22H19ClN2O2S. The molecule has 28 heavy (non-hydrogen) atoms. The first-order chi connectivity index (χ1) is 13.7. The van der Waals surface area contributed by atoms with E-state index in [0.29, 0.717) is 10.8 Å². The minimum absolute atomic E-state index is 0.587. The fraction of sp³-hybridized carbons (Fsp3) is 0.136. The van der Waals surface area contributed by atoms with Gasteiger partial charge in [-0.25, -0.2) is 4.98 Å². The number of rotatable bonds is 6. The maximum Gasteiger partial charge on any atom is 0.175 e. The van der Waals surface area contributed by atoms with E-state index >= 15 is 0 Å². The van der Waals surface area contributed by atoms with E-state index < -0.39 is 0 Å². The Bertz CT molecular complexity index is 1090. The smallest absolute Gasteiger partial charge is 0.175 e. The second kappa shape index (κ2) is 8.09. The van der Waals surface area contributed by atoms with Gasteiger partial charge in [-0.15, -0.1) is 0 Å². The molecule has 6 heteroatoms. The first-order valence-electron chi connectivity index (χ1n) is 8.92. The average Bonchev–Trinajstić information content (AvgIpc) is 3.37. The largest absolute Gasteiger partial charge is 0.487 e. The van der Waals surface area contributed by atoms with Crippen molar-refractivity contribution < 1.29 is 9.47 Å². The van der Waals surface area contributed by atoms with Gasteiger partial charge in [0.2, 0.25) is 0 Å². The van der Waals surface area contributed by atoms with Crippen LogP contribution in [0.15, 0.2) is 67.1 Å². The van der Waals surface area contributed by atoms with Crippen LogP contribution < -0.4 is 9.47 Å². The Morgan fingerprint density at radius 3 is 2.61 bits per heavy atom. The van der Waals surface area contributed by atoms with E-state index in [1.165, 1.54) is 5.56 Å². The number of aromatic nitrogens is 2. The Morgan fingerprint density at radius 1 is 1.11 bits per heavy atom. The van der Waals surface area contributed by atoms with E-state index in [0.717, 1.165) is 33.5 Å². The normalized spacial score (nSPS) is 10.8. The summed E-state index contributed by atoms with van der Waals surface area (Å²) in [6, 6.07) is 17.3. The fourth-order valence-electron chi connectivity index (χ4n) is 2.90. The lowest BCUT2D eigenvalue weighted by atomic mass is 10.1. The van der Waals surface area contributed by atoms with Crippen LogP contribution in [0.2, 0.25) is 5.02 Å². The number of methoxy groups -OCH3 is 1. The highest BCUT2D eigenvalue weighted by atomic mass is 35.5. The monoisotopic (exact) mass is 410 g/mol. The van der Waals surface area contributed by atoms with Crippen LogP contribution in [0.1, 0.15) is 12.5 Å². The van der Waals surface area contributed by atoms with Crippen molar-refractivity contribution in [1.29, 1.82) is 0 Å². The first kappa shape index (κ1) is 18.6. The van der Waals surface area contributed by atoms with Crippen molar-refractivity contribution in [2.45, 2.75) is 13.3 Å². The molecule has 0 aliphatic rings. The molecule has 0 atom stereocenters. The zero-order chi connectivity index (χ0) is 19.5. The number of aryl methyl sites for hydroxylation is 1. The summed E-state index contributed by atoms with van der Waals surface area (Å²) in [6.45, 7) is 2.14. The molecule has 0 spiro atoms. The second-order valence-electron chi connectivity index (χ2n) is 6.18. The minimum atomic E-state index is 0.587. The molecule has 0 aliphatic carbocycles.